The molecule has 1 aliphatic rings. The van der Waals surface area contributed by atoms with Gasteiger partial charge < -0.3 is 16.4 Å². The summed E-state index contributed by atoms with van der Waals surface area (Å²) in [5.41, 5.74) is 5.73. The van der Waals surface area contributed by atoms with Crippen LogP contribution in [-0.2, 0) is 9.59 Å². The topological polar surface area (TPSA) is 84.2 Å². The van der Waals surface area contributed by atoms with E-state index in [1.165, 1.54) is 0 Å². The molecule has 0 aliphatic heterocycles. The van der Waals surface area contributed by atoms with Gasteiger partial charge in [-0.15, -0.1) is 0 Å². The summed E-state index contributed by atoms with van der Waals surface area (Å²) in [5, 5.41) is 5.69. The number of hydrogen-bond acceptors (Lipinski definition) is 3. The number of carbonyl (C=O) groups is 2. The third-order valence-corrected chi connectivity index (χ3v) is 3.03. The molecule has 5 heteroatoms. The molecule has 1 unspecified atom stereocenters. The minimum absolute atomic E-state index is 0.0852. The van der Waals surface area contributed by atoms with Crippen LogP contribution >= 0.6 is 0 Å². The second-order valence-corrected chi connectivity index (χ2v) is 4.99. The number of amides is 2. The monoisotopic (exact) mass is 255 g/mol. The zero-order valence-corrected chi connectivity index (χ0v) is 11.2. The van der Waals surface area contributed by atoms with Gasteiger partial charge in [0.25, 0.3) is 0 Å². The van der Waals surface area contributed by atoms with Crippen molar-refractivity contribution < 1.29 is 9.59 Å². The van der Waals surface area contributed by atoms with E-state index in [1.807, 2.05) is 0 Å². The molecule has 0 radical (unpaired) electrons. The Morgan fingerprint density at radius 1 is 1.33 bits per heavy atom. The average molecular weight is 255 g/mol. The molecule has 0 saturated heterocycles. The lowest BCUT2D eigenvalue weighted by molar-refractivity contribution is -0.123. The van der Waals surface area contributed by atoms with Crippen molar-refractivity contribution in [2.24, 2.45) is 5.73 Å². The molecule has 1 saturated carbocycles. The van der Waals surface area contributed by atoms with Crippen LogP contribution in [-0.4, -0.2) is 30.4 Å². The molecular formula is C13H25N3O2. The minimum atomic E-state index is -0.412. The van der Waals surface area contributed by atoms with Gasteiger partial charge in [0, 0.05) is 19.0 Å². The molecule has 0 spiro atoms. The molecule has 0 heterocycles. The van der Waals surface area contributed by atoms with Gasteiger partial charge in [-0.1, -0.05) is 19.8 Å². The normalized spacial score (nSPS) is 16.1. The Morgan fingerprint density at radius 3 is 2.67 bits per heavy atom. The number of nitrogens with one attached hydrogen (secondary N) is 2. The highest BCUT2D eigenvalue weighted by Crippen LogP contribution is 2.18. The van der Waals surface area contributed by atoms with Crippen LogP contribution in [0.5, 0.6) is 0 Å². The smallest absolute Gasteiger partial charge is 0.236 e. The van der Waals surface area contributed by atoms with E-state index in [0.717, 1.165) is 32.1 Å². The van der Waals surface area contributed by atoms with Crippen LogP contribution in [0.4, 0.5) is 0 Å². The molecule has 4 N–H and O–H groups in total. The molecule has 0 aromatic rings. The molecule has 0 bridgehead atoms. The van der Waals surface area contributed by atoms with Gasteiger partial charge in [-0.2, -0.15) is 0 Å². The molecular weight excluding hydrogens is 230 g/mol. The summed E-state index contributed by atoms with van der Waals surface area (Å²) in [6.45, 7) is 2.60. The van der Waals surface area contributed by atoms with Gasteiger partial charge in [-0.25, -0.2) is 0 Å². The van der Waals surface area contributed by atoms with Crippen molar-refractivity contribution in [3.63, 3.8) is 0 Å². The molecule has 2 amide bonds. The number of carbonyl (C=O) groups excluding carboxylic acids is 2. The van der Waals surface area contributed by atoms with Crippen LogP contribution in [0.1, 0.15) is 51.9 Å². The molecule has 18 heavy (non-hydrogen) atoms. The van der Waals surface area contributed by atoms with Crippen molar-refractivity contribution >= 4 is 11.8 Å². The largest absolute Gasteiger partial charge is 0.355 e. The van der Waals surface area contributed by atoms with Gasteiger partial charge in [0.2, 0.25) is 11.8 Å². The van der Waals surface area contributed by atoms with Crippen LogP contribution in [0.15, 0.2) is 0 Å². The number of rotatable bonds is 9. The maximum atomic E-state index is 11.5. The lowest BCUT2D eigenvalue weighted by Gasteiger charge is -2.11. The minimum Gasteiger partial charge on any atom is -0.355 e. The average Bonchev–Trinajstić information content (AvgIpc) is 3.15. The van der Waals surface area contributed by atoms with E-state index >= 15 is 0 Å². The molecule has 1 fully saturated rings. The van der Waals surface area contributed by atoms with Gasteiger partial charge in [-0.05, 0) is 25.7 Å². The lowest BCUT2D eigenvalue weighted by Crippen LogP contribution is -2.41. The molecule has 0 aromatic heterocycles. The SMILES string of the molecule is CCCCC(N)C(=O)NCCCC(=O)NC1CC1. The third-order valence-electron chi connectivity index (χ3n) is 3.03. The summed E-state index contributed by atoms with van der Waals surface area (Å²) in [6.07, 6.45) is 6.10. The first-order valence-electron chi connectivity index (χ1n) is 6.96. The lowest BCUT2D eigenvalue weighted by atomic mass is 10.1. The summed E-state index contributed by atoms with van der Waals surface area (Å²) in [5.74, 6) is -0.0203. The molecule has 1 aliphatic carbocycles. The Balaban J connectivity index is 1.98. The fourth-order valence-corrected chi connectivity index (χ4v) is 1.67. The molecule has 104 valence electrons. The van der Waals surface area contributed by atoms with Crippen LogP contribution in [0.3, 0.4) is 0 Å². The van der Waals surface area contributed by atoms with Gasteiger partial charge in [0.1, 0.15) is 0 Å². The van der Waals surface area contributed by atoms with E-state index < -0.39 is 6.04 Å². The van der Waals surface area contributed by atoms with E-state index in [4.69, 9.17) is 5.73 Å². The maximum Gasteiger partial charge on any atom is 0.236 e. The van der Waals surface area contributed by atoms with Crippen molar-refractivity contribution in [3.05, 3.63) is 0 Å². The van der Waals surface area contributed by atoms with E-state index in [1.54, 1.807) is 0 Å². The van der Waals surface area contributed by atoms with Gasteiger partial charge in [0.15, 0.2) is 0 Å². The van der Waals surface area contributed by atoms with Gasteiger partial charge in [-0.3, -0.25) is 9.59 Å². The highest BCUT2D eigenvalue weighted by atomic mass is 16.2. The van der Waals surface area contributed by atoms with Crippen molar-refractivity contribution in [3.8, 4) is 0 Å². The molecule has 0 aromatic carbocycles. The second-order valence-electron chi connectivity index (χ2n) is 4.99. The van der Waals surface area contributed by atoms with Crippen LogP contribution in [0, 0.1) is 0 Å². The highest BCUT2D eigenvalue weighted by molar-refractivity contribution is 5.81. The Bertz CT molecular complexity index is 277. The highest BCUT2D eigenvalue weighted by Gasteiger charge is 2.22. The summed E-state index contributed by atoms with van der Waals surface area (Å²) < 4.78 is 0. The number of unbranched alkanes of at least 4 members (excludes halogenated alkanes) is 1. The van der Waals surface area contributed by atoms with E-state index in [9.17, 15) is 9.59 Å². The fraction of sp³-hybridized carbons (Fsp3) is 0.846. The summed E-state index contributed by atoms with van der Waals surface area (Å²) in [4.78, 5) is 22.9. The van der Waals surface area contributed by atoms with E-state index in [-0.39, 0.29) is 11.8 Å². The first-order valence-corrected chi connectivity index (χ1v) is 6.96. The van der Waals surface area contributed by atoms with Crippen molar-refractivity contribution in [2.75, 3.05) is 6.54 Å². The maximum absolute atomic E-state index is 11.5. The molecule has 1 rings (SSSR count). The predicted molar refractivity (Wildman–Crippen MR) is 70.9 cm³/mol. The Hall–Kier alpha value is -1.10. The summed E-state index contributed by atoms with van der Waals surface area (Å²) >= 11 is 0. The van der Waals surface area contributed by atoms with Crippen molar-refractivity contribution in [1.29, 1.82) is 0 Å². The first kappa shape index (κ1) is 15.0. The Labute approximate surface area is 109 Å². The number of nitrogens with two attached hydrogens (primary N) is 1. The zero-order chi connectivity index (χ0) is 13.4. The quantitative estimate of drug-likeness (QED) is 0.530. The summed E-state index contributed by atoms with van der Waals surface area (Å²) in [7, 11) is 0. The van der Waals surface area contributed by atoms with E-state index in [2.05, 4.69) is 17.6 Å². The molecule has 1 atom stereocenters. The Kier molecular flexibility index (Phi) is 6.72. The standard InChI is InChI=1S/C13H25N3O2/c1-2-3-5-11(14)13(18)15-9-4-6-12(17)16-10-7-8-10/h10-11H,2-9,14H2,1H3,(H,15,18)(H,16,17). The van der Waals surface area contributed by atoms with Crippen LogP contribution < -0.4 is 16.4 Å². The third kappa shape index (κ3) is 6.59. The van der Waals surface area contributed by atoms with Gasteiger partial charge >= 0.3 is 0 Å². The predicted octanol–water partition coefficient (Wildman–Crippen LogP) is 0.679. The second kappa shape index (κ2) is 8.08. The van der Waals surface area contributed by atoms with Crippen LogP contribution in [0.2, 0.25) is 0 Å². The van der Waals surface area contributed by atoms with Crippen molar-refractivity contribution in [2.45, 2.75) is 64.0 Å². The van der Waals surface area contributed by atoms with E-state index in [0.29, 0.717) is 25.4 Å². The Morgan fingerprint density at radius 2 is 2.06 bits per heavy atom. The van der Waals surface area contributed by atoms with Crippen LogP contribution in [0.25, 0.3) is 0 Å². The van der Waals surface area contributed by atoms with Crippen molar-refractivity contribution in [1.82, 2.24) is 10.6 Å². The number of hydrogen-bond donors (Lipinski definition) is 3. The summed E-state index contributed by atoms with van der Waals surface area (Å²) in [6, 6.07) is -0.000187. The zero-order valence-electron chi connectivity index (χ0n) is 11.2. The first-order chi connectivity index (χ1) is 8.63. The van der Waals surface area contributed by atoms with Gasteiger partial charge in [0.05, 0.1) is 6.04 Å². The fourth-order valence-electron chi connectivity index (χ4n) is 1.67. The molecule has 5 nitrogen and oxygen atoms in total.